The number of hydrogen-bond acceptors (Lipinski definition) is 6. The Morgan fingerprint density at radius 2 is 1.43 bits per heavy atom. The van der Waals surface area contributed by atoms with Crippen molar-refractivity contribution in [3.8, 4) is 5.75 Å². The Morgan fingerprint density at radius 3 is 1.88 bits per heavy atom. The average Bonchev–Trinajstić information content (AvgIpc) is 3.44. The van der Waals surface area contributed by atoms with Gasteiger partial charge < -0.3 is 14.7 Å². The number of carbonyl (C=O) groups is 1. The molecule has 8 bridgehead atoms. The van der Waals surface area contributed by atoms with Gasteiger partial charge in [0.15, 0.2) is 9.84 Å². The predicted octanol–water partition coefficient (Wildman–Crippen LogP) is 6.31. The molecule has 2 heterocycles. The molecule has 7 aliphatic carbocycles. The fraction of sp³-hybridized carbons (Fsp3) is 0.677. The fourth-order valence-electron chi connectivity index (χ4n) is 9.72. The second-order valence-corrected chi connectivity index (χ2v) is 16.3. The molecule has 1 amide bonds. The zero-order valence-corrected chi connectivity index (χ0v) is 24.8. The monoisotopic (exact) mass is 584 g/mol. The molecule has 2 aromatic rings. The molecule has 7 nitrogen and oxygen atoms in total. The predicted molar refractivity (Wildman–Crippen MR) is 153 cm³/mol. The van der Waals surface area contributed by atoms with Crippen molar-refractivity contribution in [2.75, 3.05) is 19.3 Å². The molecule has 1 N–H and O–H groups in total. The Balaban J connectivity index is 0.000000155. The number of rotatable bonds is 5. The summed E-state index contributed by atoms with van der Waals surface area (Å²) >= 11 is 1.57. The van der Waals surface area contributed by atoms with Crippen LogP contribution in [0.5, 0.6) is 5.75 Å². The zero-order valence-electron chi connectivity index (χ0n) is 23.2. The molecule has 40 heavy (non-hydrogen) atoms. The first kappa shape index (κ1) is 26.7. The highest BCUT2D eigenvalue weighted by molar-refractivity contribution is 7.90. The van der Waals surface area contributed by atoms with Gasteiger partial charge in [-0.2, -0.15) is 0 Å². The van der Waals surface area contributed by atoms with Gasteiger partial charge in [-0.1, -0.05) is 0 Å². The third-order valence-corrected chi connectivity index (χ3v) is 13.4. The van der Waals surface area contributed by atoms with Crippen LogP contribution in [0.1, 0.15) is 68.0 Å². The SMILES string of the molecule is C1C2CC3C4CC5CC(C14)C(C2)C3C5.CS(=O)(=O)c1ccc(OCc2csc(C3CCN(C(=O)O)CC3)n2)cc1. The molecular formula is C31H40N2O5S2. The van der Waals surface area contributed by atoms with Crippen molar-refractivity contribution in [1.29, 1.82) is 0 Å². The molecule has 1 saturated heterocycles. The van der Waals surface area contributed by atoms with Gasteiger partial charge in [0.05, 0.1) is 15.6 Å². The quantitative estimate of drug-likeness (QED) is 0.443. The molecule has 7 saturated carbocycles. The van der Waals surface area contributed by atoms with E-state index in [1.165, 1.54) is 70.6 Å². The van der Waals surface area contributed by atoms with E-state index in [9.17, 15) is 13.2 Å². The Kier molecular flexibility index (Phi) is 6.89. The summed E-state index contributed by atoms with van der Waals surface area (Å²) in [6.45, 7) is 1.39. The van der Waals surface area contributed by atoms with Crippen LogP contribution in [-0.4, -0.2) is 48.8 Å². The minimum absolute atomic E-state index is 0.258. The van der Waals surface area contributed by atoms with E-state index >= 15 is 0 Å². The van der Waals surface area contributed by atoms with Crippen molar-refractivity contribution < 1.29 is 23.1 Å². The maximum atomic E-state index is 11.4. The average molecular weight is 585 g/mol. The van der Waals surface area contributed by atoms with E-state index in [4.69, 9.17) is 9.84 Å². The molecule has 0 spiro atoms. The maximum Gasteiger partial charge on any atom is 0.407 e. The number of carboxylic acid groups (broad SMARTS) is 1. The maximum absolute atomic E-state index is 11.4. The van der Waals surface area contributed by atoms with Crippen molar-refractivity contribution in [2.45, 2.75) is 68.8 Å². The summed E-state index contributed by atoms with van der Waals surface area (Å²) in [5.41, 5.74) is 0.817. The molecule has 8 fully saturated rings. The second-order valence-electron chi connectivity index (χ2n) is 13.4. The van der Waals surface area contributed by atoms with Gasteiger partial charge in [0.25, 0.3) is 0 Å². The molecular weight excluding hydrogens is 544 g/mol. The number of ether oxygens (including phenoxy) is 1. The second kappa shape index (κ2) is 10.3. The van der Waals surface area contributed by atoms with Crippen LogP contribution >= 0.6 is 11.3 Å². The first-order chi connectivity index (χ1) is 19.2. The molecule has 10 rings (SSSR count). The number of aromatic nitrogens is 1. The minimum Gasteiger partial charge on any atom is -0.487 e. The van der Waals surface area contributed by atoms with Gasteiger partial charge in [-0.3, -0.25) is 0 Å². The zero-order chi connectivity index (χ0) is 27.6. The van der Waals surface area contributed by atoms with Crippen LogP contribution in [0.2, 0.25) is 0 Å². The van der Waals surface area contributed by atoms with E-state index in [1.54, 1.807) is 62.0 Å². The van der Waals surface area contributed by atoms with Gasteiger partial charge in [0, 0.05) is 30.6 Å². The number of sulfone groups is 1. The minimum atomic E-state index is -3.21. The topological polar surface area (TPSA) is 96.8 Å². The lowest BCUT2D eigenvalue weighted by atomic mass is 9.36. The molecule has 0 unspecified atom stereocenters. The normalized spacial score (nSPS) is 35.5. The highest BCUT2D eigenvalue weighted by atomic mass is 32.2. The molecule has 1 aromatic carbocycles. The number of piperidine rings is 1. The van der Waals surface area contributed by atoms with E-state index in [0.717, 1.165) is 23.5 Å². The number of hydrogen-bond donors (Lipinski definition) is 1. The van der Waals surface area contributed by atoms with Crippen LogP contribution < -0.4 is 4.74 Å². The third-order valence-electron chi connectivity index (χ3n) is 11.3. The number of amides is 1. The Morgan fingerprint density at radius 1 is 0.925 bits per heavy atom. The lowest BCUT2D eigenvalue weighted by molar-refractivity contribution is -0.202. The number of nitrogens with zero attached hydrogens (tertiary/aromatic N) is 2. The summed E-state index contributed by atoms with van der Waals surface area (Å²) in [7, 11) is -3.21. The Bertz CT molecular complexity index is 1260. The first-order valence-electron chi connectivity index (χ1n) is 15.1. The van der Waals surface area contributed by atoms with Gasteiger partial charge in [0.2, 0.25) is 0 Å². The van der Waals surface area contributed by atoms with E-state index in [2.05, 4.69) is 4.98 Å². The summed E-state index contributed by atoms with van der Waals surface area (Å²) in [5.74, 6) is 10.6. The van der Waals surface area contributed by atoms with Crippen LogP contribution in [-0.2, 0) is 16.4 Å². The summed E-state index contributed by atoms with van der Waals surface area (Å²) < 4.78 is 28.6. The smallest absolute Gasteiger partial charge is 0.407 e. The van der Waals surface area contributed by atoms with E-state index in [0.29, 0.717) is 31.4 Å². The molecule has 9 heteroatoms. The van der Waals surface area contributed by atoms with Crippen molar-refractivity contribution in [3.63, 3.8) is 0 Å². The summed E-state index contributed by atoms with van der Waals surface area (Å²) in [6, 6.07) is 6.30. The van der Waals surface area contributed by atoms with Crippen LogP contribution in [0.25, 0.3) is 0 Å². The largest absolute Gasteiger partial charge is 0.487 e. The van der Waals surface area contributed by atoms with Gasteiger partial charge in [-0.15, -0.1) is 11.3 Å². The van der Waals surface area contributed by atoms with Gasteiger partial charge >= 0.3 is 6.09 Å². The van der Waals surface area contributed by atoms with Crippen molar-refractivity contribution in [1.82, 2.24) is 9.88 Å². The highest BCUT2D eigenvalue weighted by Crippen LogP contribution is 2.71. The van der Waals surface area contributed by atoms with Crippen LogP contribution in [0.4, 0.5) is 4.79 Å². The van der Waals surface area contributed by atoms with Crippen LogP contribution in [0.15, 0.2) is 34.5 Å². The summed E-state index contributed by atoms with van der Waals surface area (Å²) in [5, 5.41) is 12.0. The van der Waals surface area contributed by atoms with Crippen molar-refractivity contribution >= 4 is 27.3 Å². The van der Waals surface area contributed by atoms with Crippen molar-refractivity contribution in [3.05, 3.63) is 40.3 Å². The van der Waals surface area contributed by atoms with Gasteiger partial charge in [-0.05, 0) is 123 Å². The van der Waals surface area contributed by atoms with Gasteiger partial charge in [0.1, 0.15) is 12.4 Å². The lowest BCUT2D eigenvalue weighted by Crippen LogP contribution is -2.62. The Labute approximate surface area is 241 Å². The summed E-state index contributed by atoms with van der Waals surface area (Å²) in [6.07, 6.45) is 11.8. The number of likely N-dealkylation sites (tertiary alicyclic amines) is 1. The first-order valence-corrected chi connectivity index (χ1v) is 17.8. The van der Waals surface area contributed by atoms with Gasteiger partial charge in [-0.25, -0.2) is 18.2 Å². The number of benzene rings is 1. The van der Waals surface area contributed by atoms with E-state index in [1.807, 2.05) is 5.38 Å². The molecule has 8 aliphatic rings. The highest BCUT2D eigenvalue weighted by Gasteiger charge is 2.63. The van der Waals surface area contributed by atoms with E-state index < -0.39 is 15.9 Å². The molecule has 216 valence electrons. The summed E-state index contributed by atoms with van der Waals surface area (Å²) in [4.78, 5) is 17.3. The standard InChI is InChI=1S/C17H20N2O5S2.C14H20/c1-26(22,23)15-4-2-14(3-5-15)24-10-13-11-25-16(18-13)12-6-8-19(9-7-12)17(20)21;1-7-2-12-10-4-8-5-11(9(1)10)13(3-7)14(12)6-8/h2-5,11-12H,6-10H2,1H3,(H,20,21);7-14H,1-6H2. The van der Waals surface area contributed by atoms with E-state index in [-0.39, 0.29) is 4.90 Å². The Hall–Kier alpha value is -2.13. The molecule has 0 radical (unpaired) electrons. The third kappa shape index (κ3) is 4.95. The molecule has 0 atom stereocenters. The van der Waals surface area contributed by atoms with Crippen LogP contribution in [0, 0.1) is 47.3 Å². The fourth-order valence-corrected chi connectivity index (χ4v) is 11.3. The molecule has 1 aliphatic heterocycles. The lowest BCUT2D eigenvalue weighted by Gasteiger charge is -2.69. The molecule has 1 aromatic heterocycles. The number of thiazole rings is 1. The van der Waals surface area contributed by atoms with Crippen molar-refractivity contribution in [2.24, 2.45) is 47.3 Å². The van der Waals surface area contributed by atoms with Crippen LogP contribution in [0.3, 0.4) is 0 Å².